The van der Waals surface area contributed by atoms with Crippen molar-refractivity contribution < 1.29 is 9.53 Å². The van der Waals surface area contributed by atoms with Gasteiger partial charge in [-0.25, -0.2) is 4.79 Å². The van der Waals surface area contributed by atoms with Crippen LogP contribution in [0.2, 0.25) is 0 Å². The lowest BCUT2D eigenvalue weighted by atomic mass is 10.1. The molecule has 1 aliphatic heterocycles. The van der Waals surface area contributed by atoms with Crippen LogP contribution in [0, 0.1) is 0 Å². The molecule has 0 aliphatic carbocycles. The number of nitrogens with one attached hydrogen (secondary N) is 1. The zero-order valence-corrected chi connectivity index (χ0v) is 11.6. The minimum absolute atomic E-state index is 0.0460. The highest BCUT2D eigenvalue weighted by atomic mass is 16.6. The van der Waals surface area contributed by atoms with Crippen molar-refractivity contribution in [1.29, 1.82) is 0 Å². The van der Waals surface area contributed by atoms with Crippen LogP contribution in [0.5, 0.6) is 0 Å². The molecule has 1 amide bonds. The van der Waals surface area contributed by atoms with Gasteiger partial charge in [0.15, 0.2) is 6.23 Å². The van der Waals surface area contributed by atoms with E-state index in [9.17, 15) is 4.79 Å². The van der Waals surface area contributed by atoms with Crippen molar-refractivity contribution in [3.63, 3.8) is 0 Å². The predicted octanol–water partition coefficient (Wildman–Crippen LogP) is 2.92. The summed E-state index contributed by atoms with van der Waals surface area (Å²) in [6.07, 6.45) is 2.97. The van der Waals surface area contributed by atoms with E-state index in [2.05, 4.69) is 12.2 Å². The lowest BCUT2D eigenvalue weighted by Gasteiger charge is -2.22. The molecular weight excluding hydrogens is 240 g/mol. The second-order valence-electron chi connectivity index (χ2n) is 4.93. The monoisotopic (exact) mass is 262 g/mol. The van der Waals surface area contributed by atoms with E-state index in [-0.39, 0.29) is 18.4 Å². The molecule has 4 heteroatoms. The predicted molar refractivity (Wildman–Crippen MR) is 74.7 cm³/mol. The number of amides is 1. The van der Waals surface area contributed by atoms with Crippen LogP contribution >= 0.6 is 0 Å². The third-order valence-electron chi connectivity index (χ3n) is 3.49. The molecule has 4 nitrogen and oxygen atoms in total. The number of carbonyl (C=O) groups is 1. The zero-order chi connectivity index (χ0) is 13.7. The van der Waals surface area contributed by atoms with Gasteiger partial charge in [0.1, 0.15) is 6.04 Å². The highest BCUT2D eigenvalue weighted by Crippen LogP contribution is 2.30. The van der Waals surface area contributed by atoms with Gasteiger partial charge in [-0.1, -0.05) is 50.1 Å². The van der Waals surface area contributed by atoms with Gasteiger partial charge in [-0.15, -0.1) is 0 Å². The Morgan fingerprint density at radius 1 is 1.26 bits per heavy atom. The second kappa shape index (κ2) is 6.57. The van der Waals surface area contributed by atoms with Crippen molar-refractivity contribution >= 4 is 6.09 Å². The van der Waals surface area contributed by atoms with Crippen LogP contribution in [0.4, 0.5) is 4.79 Å². The maximum atomic E-state index is 11.7. The van der Waals surface area contributed by atoms with Gasteiger partial charge in [0, 0.05) is 7.05 Å². The quantitative estimate of drug-likeness (QED) is 0.801. The lowest BCUT2D eigenvalue weighted by molar-refractivity contribution is 0.110. The molecule has 2 unspecified atom stereocenters. The summed E-state index contributed by atoms with van der Waals surface area (Å²) in [5.41, 5.74) is 1.10. The number of ether oxygens (including phenoxy) is 1. The minimum Gasteiger partial charge on any atom is -0.428 e. The molecule has 1 N–H and O–H groups in total. The van der Waals surface area contributed by atoms with Crippen molar-refractivity contribution in [2.45, 2.75) is 38.5 Å². The Labute approximate surface area is 114 Å². The lowest BCUT2D eigenvalue weighted by Crippen LogP contribution is -2.36. The Kier molecular flexibility index (Phi) is 4.80. The Balaban J connectivity index is 2.02. The number of unbranched alkanes of at least 4 members (excludes halogenated alkanes) is 2. The summed E-state index contributed by atoms with van der Waals surface area (Å²) >= 11 is 0. The molecule has 104 valence electrons. The molecule has 1 heterocycles. The van der Waals surface area contributed by atoms with E-state index in [0.29, 0.717) is 0 Å². The Bertz CT molecular complexity index is 408. The average Bonchev–Trinajstić information content (AvgIpc) is 2.71. The first-order valence-corrected chi connectivity index (χ1v) is 6.95. The number of nitrogens with zero attached hydrogens (tertiary/aromatic N) is 1. The number of rotatable bonds is 6. The van der Waals surface area contributed by atoms with Crippen LogP contribution in [0.3, 0.4) is 0 Å². The van der Waals surface area contributed by atoms with Crippen molar-refractivity contribution in [1.82, 2.24) is 10.2 Å². The molecule has 2 atom stereocenters. The van der Waals surface area contributed by atoms with Gasteiger partial charge in [-0.3, -0.25) is 10.2 Å². The van der Waals surface area contributed by atoms with Crippen molar-refractivity contribution in [2.24, 2.45) is 0 Å². The fourth-order valence-electron chi connectivity index (χ4n) is 2.39. The molecule has 19 heavy (non-hydrogen) atoms. The third-order valence-corrected chi connectivity index (χ3v) is 3.49. The average molecular weight is 262 g/mol. The van der Waals surface area contributed by atoms with Crippen LogP contribution < -0.4 is 5.32 Å². The van der Waals surface area contributed by atoms with E-state index in [0.717, 1.165) is 18.5 Å². The fraction of sp³-hybridized carbons (Fsp3) is 0.533. The first-order valence-electron chi connectivity index (χ1n) is 6.95. The SMILES string of the molecule is CCCCCNC1OC(=O)N(C)C1c1ccccc1. The van der Waals surface area contributed by atoms with Crippen LogP contribution in [0.15, 0.2) is 30.3 Å². The Hall–Kier alpha value is -1.55. The smallest absolute Gasteiger partial charge is 0.411 e. The highest BCUT2D eigenvalue weighted by Gasteiger charge is 2.39. The summed E-state index contributed by atoms with van der Waals surface area (Å²) in [4.78, 5) is 13.4. The van der Waals surface area contributed by atoms with Gasteiger partial charge >= 0.3 is 6.09 Å². The molecule has 0 radical (unpaired) electrons. The number of hydrogen-bond acceptors (Lipinski definition) is 3. The van der Waals surface area contributed by atoms with E-state index in [1.54, 1.807) is 11.9 Å². The van der Waals surface area contributed by atoms with E-state index in [1.807, 2.05) is 30.3 Å². The van der Waals surface area contributed by atoms with Crippen molar-refractivity contribution in [3.05, 3.63) is 35.9 Å². The topological polar surface area (TPSA) is 41.6 Å². The molecule has 1 fully saturated rings. The van der Waals surface area contributed by atoms with Gasteiger partial charge in [-0.05, 0) is 18.5 Å². The van der Waals surface area contributed by atoms with Crippen molar-refractivity contribution in [2.75, 3.05) is 13.6 Å². The molecule has 2 rings (SSSR count). The van der Waals surface area contributed by atoms with E-state index < -0.39 is 0 Å². The Morgan fingerprint density at radius 3 is 2.68 bits per heavy atom. The van der Waals surface area contributed by atoms with E-state index in [1.165, 1.54) is 12.8 Å². The molecule has 1 aromatic rings. The molecule has 1 aromatic carbocycles. The third kappa shape index (κ3) is 3.26. The number of hydrogen-bond donors (Lipinski definition) is 1. The van der Waals surface area contributed by atoms with Crippen LogP contribution in [0.1, 0.15) is 37.8 Å². The van der Waals surface area contributed by atoms with Crippen molar-refractivity contribution in [3.8, 4) is 0 Å². The largest absolute Gasteiger partial charge is 0.428 e. The van der Waals surface area contributed by atoms with E-state index in [4.69, 9.17) is 4.74 Å². The summed E-state index contributed by atoms with van der Waals surface area (Å²) in [6.45, 7) is 3.05. The molecular formula is C15H22N2O2. The van der Waals surface area contributed by atoms with Crippen LogP contribution in [-0.2, 0) is 4.74 Å². The minimum atomic E-state index is -0.262. The Morgan fingerprint density at radius 2 is 2.00 bits per heavy atom. The summed E-state index contributed by atoms with van der Waals surface area (Å²) in [7, 11) is 1.79. The summed E-state index contributed by atoms with van der Waals surface area (Å²) in [5.74, 6) is 0. The molecule has 0 spiro atoms. The number of carbonyl (C=O) groups excluding carboxylic acids is 1. The number of likely N-dealkylation sites (N-methyl/N-ethyl adjacent to an activating group) is 1. The number of benzene rings is 1. The zero-order valence-electron chi connectivity index (χ0n) is 11.6. The first-order chi connectivity index (χ1) is 9.24. The maximum Gasteiger partial charge on any atom is 0.411 e. The molecule has 0 bridgehead atoms. The van der Waals surface area contributed by atoms with Gasteiger partial charge < -0.3 is 4.74 Å². The molecule has 1 saturated heterocycles. The standard InChI is InChI=1S/C15H22N2O2/c1-3-4-8-11-16-14-13(17(2)15(18)19-14)12-9-6-5-7-10-12/h5-7,9-10,13-14,16H,3-4,8,11H2,1-2H3. The van der Waals surface area contributed by atoms with Crippen LogP contribution in [-0.4, -0.2) is 30.8 Å². The van der Waals surface area contributed by atoms with E-state index >= 15 is 0 Å². The highest BCUT2D eigenvalue weighted by molar-refractivity contribution is 5.70. The van der Waals surface area contributed by atoms with Crippen LogP contribution in [0.25, 0.3) is 0 Å². The summed E-state index contributed by atoms with van der Waals surface area (Å²) in [5, 5.41) is 3.34. The van der Waals surface area contributed by atoms with Gasteiger partial charge in [0.25, 0.3) is 0 Å². The fourth-order valence-corrected chi connectivity index (χ4v) is 2.39. The molecule has 1 aliphatic rings. The summed E-state index contributed by atoms with van der Waals surface area (Å²) in [6, 6.07) is 9.97. The normalized spacial score (nSPS) is 22.6. The number of cyclic esters (lactones) is 1. The van der Waals surface area contributed by atoms with Gasteiger partial charge in [0.05, 0.1) is 0 Å². The molecule has 0 saturated carbocycles. The second-order valence-corrected chi connectivity index (χ2v) is 4.93. The molecule has 0 aromatic heterocycles. The maximum absolute atomic E-state index is 11.7. The summed E-state index contributed by atoms with van der Waals surface area (Å²) < 4.78 is 5.40. The van der Waals surface area contributed by atoms with Gasteiger partial charge in [-0.2, -0.15) is 0 Å². The van der Waals surface area contributed by atoms with Gasteiger partial charge in [0.2, 0.25) is 0 Å². The first kappa shape index (κ1) is 13.9.